The van der Waals surface area contributed by atoms with Crippen molar-refractivity contribution in [2.24, 2.45) is 0 Å². The first kappa shape index (κ1) is 9.67. The standard InChI is InChI=1S/C10H10N2O3/c1-15-6-8-5-11-9-4-7(10(13)14)2-3-12(8)9/h2-5H,6H2,1H3,(H,13,14). The Morgan fingerprint density at radius 3 is 3.13 bits per heavy atom. The highest BCUT2D eigenvalue weighted by atomic mass is 16.5. The van der Waals surface area contributed by atoms with E-state index in [4.69, 9.17) is 9.84 Å². The van der Waals surface area contributed by atoms with Crippen molar-refractivity contribution in [2.45, 2.75) is 6.61 Å². The second kappa shape index (κ2) is 3.70. The number of carboxylic acid groups (broad SMARTS) is 1. The zero-order chi connectivity index (χ0) is 10.8. The van der Waals surface area contributed by atoms with Gasteiger partial charge in [-0.2, -0.15) is 0 Å². The van der Waals surface area contributed by atoms with Crippen LogP contribution >= 0.6 is 0 Å². The molecule has 2 rings (SSSR count). The van der Waals surface area contributed by atoms with Gasteiger partial charge in [0.2, 0.25) is 0 Å². The van der Waals surface area contributed by atoms with Crippen LogP contribution in [0.3, 0.4) is 0 Å². The predicted octanol–water partition coefficient (Wildman–Crippen LogP) is 1.18. The van der Waals surface area contributed by atoms with E-state index in [-0.39, 0.29) is 5.56 Å². The Bertz CT molecular complexity index is 504. The molecule has 0 aromatic carbocycles. The van der Waals surface area contributed by atoms with Gasteiger partial charge in [0.05, 0.1) is 24.1 Å². The van der Waals surface area contributed by atoms with E-state index in [0.717, 1.165) is 5.69 Å². The van der Waals surface area contributed by atoms with Gasteiger partial charge in [0.15, 0.2) is 0 Å². The molecule has 0 fully saturated rings. The maximum atomic E-state index is 10.7. The molecule has 0 saturated heterocycles. The molecule has 0 atom stereocenters. The molecule has 78 valence electrons. The first-order chi connectivity index (χ1) is 7.22. The molecule has 2 aromatic rings. The summed E-state index contributed by atoms with van der Waals surface area (Å²) in [4.78, 5) is 14.8. The van der Waals surface area contributed by atoms with E-state index in [1.807, 2.05) is 0 Å². The van der Waals surface area contributed by atoms with Crippen molar-refractivity contribution in [2.75, 3.05) is 7.11 Å². The van der Waals surface area contributed by atoms with Gasteiger partial charge in [0, 0.05) is 13.3 Å². The van der Waals surface area contributed by atoms with E-state index >= 15 is 0 Å². The molecule has 0 saturated carbocycles. The van der Waals surface area contributed by atoms with Gasteiger partial charge in [-0.3, -0.25) is 0 Å². The summed E-state index contributed by atoms with van der Waals surface area (Å²) in [5.74, 6) is -0.950. The van der Waals surface area contributed by atoms with Crippen LogP contribution in [0.2, 0.25) is 0 Å². The number of methoxy groups -OCH3 is 1. The van der Waals surface area contributed by atoms with Gasteiger partial charge in [0.25, 0.3) is 0 Å². The first-order valence-corrected chi connectivity index (χ1v) is 4.40. The summed E-state index contributed by atoms with van der Waals surface area (Å²) in [6, 6.07) is 3.07. The van der Waals surface area contributed by atoms with E-state index < -0.39 is 5.97 Å². The number of hydrogen-bond donors (Lipinski definition) is 1. The maximum Gasteiger partial charge on any atom is 0.335 e. The number of aromatic carboxylic acids is 1. The van der Waals surface area contributed by atoms with Crippen molar-refractivity contribution in [3.8, 4) is 0 Å². The monoisotopic (exact) mass is 206 g/mol. The number of carboxylic acids is 1. The summed E-state index contributed by atoms with van der Waals surface area (Å²) in [6.07, 6.45) is 3.35. The third-order valence-electron chi connectivity index (χ3n) is 2.13. The normalized spacial score (nSPS) is 10.7. The van der Waals surface area contributed by atoms with Crippen molar-refractivity contribution in [3.05, 3.63) is 35.8 Å². The summed E-state index contributed by atoms with van der Waals surface area (Å²) in [5, 5.41) is 8.79. The molecule has 5 nitrogen and oxygen atoms in total. The van der Waals surface area contributed by atoms with Gasteiger partial charge < -0.3 is 14.2 Å². The molecule has 0 aliphatic carbocycles. The second-order valence-electron chi connectivity index (χ2n) is 3.13. The predicted molar refractivity (Wildman–Crippen MR) is 52.9 cm³/mol. The number of imidazole rings is 1. The summed E-state index contributed by atoms with van der Waals surface area (Å²) >= 11 is 0. The van der Waals surface area contributed by atoms with Crippen LogP contribution in [0.1, 0.15) is 16.1 Å². The SMILES string of the molecule is COCc1cnc2cc(C(=O)O)ccn12. The lowest BCUT2D eigenvalue weighted by atomic mass is 10.3. The Morgan fingerprint density at radius 1 is 1.67 bits per heavy atom. The summed E-state index contributed by atoms with van der Waals surface area (Å²) in [7, 11) is 1.60. The third-order valence-corrected chi connectivity index (χ3v) is 2.13. The Morgan fingerprint density at radius 2 is 2.47 bits per heavy atom. The number of carbonyl (C=O) groups is 1. The molecule has 1 N–H and O–H groups in total. The Hall–Kier alpha value is -1.88. The maximum absolute atomic E-state index is 10.7. The van der Waals surface area contributed by atoms with Crippen LogP contribution in [0, 0.1) is 0 Å². The molecule has 15 heavy (non-hydrogen) atoms. The summed E-state index contributed by atoms with van der Waals surface area (Å²) in [6.45, 7) is 0.452. The Labute approximate surface area is 85.9 Å². The topological polar surface area (TPSA) is 63.8 Å². The van der Waals surface area contributed by atoms with Crippen molar-refractivity contribution >= 4 is 11.6 Å². The van der Waals surface area contributed by atoms with Gasteiger partial charge >= 0.3 is 5.97 Å². The van der Waals surface area contributed by atoms with Crippen LogP contribution in [-0.2, 0) is 11.3 Å². The molecule has 0 aliphatic rings. The lowest BCUT2D eigenvalue weighted by molar-refractivity contribution is 0.0697. The van der Waals surface area contributed by atoms with Crippen LogP contribution < -0.4 is 0 Å². The molecule has 0 unspecified atom stereocenters. The van der Waals surface area contributed by atoms with Crippen molar-refractivity contribution in [1.82, 2.24) is 9.38 Å². The quantitative estimate of drug-likeness (QED) is 0.818. The highest BCUT2D eigenvalue weighted by Gasteiger charge is 2.07. The molecule has 0 amide bonds. The van der Waals surface area contributed by atoms with Crippen LogP contribution in [0.15, 0.2) is 24.5 Å². The fourth-order valence-corrected chi connectivity index (χ4v) is 1.42. The highest BCUT2D eigenvalue weighted by molar-refractivity contribution is 5.88. The zero-order valence-corrected chi connectivity index (χ0v) is 8.17. The third kappa shape index (κ3) is 1.69. The van der Waals surface area contributed by atoms with Gasteiger partial charge in [-0.15, -0.1) is 0 Å². The molecule has 0 aliphatic heterocycles. The fourth-order valence-electron chi connectivity index (χ4n) is 1.42. The first-order valence-electron chi connectivity index (χ1n) is 4.40. The molecular weight excluding hydrogens is 196 g/mol. The largest absolute Gasteiger partial charge is 0.478 e. The second-order valence-corrected chi connectivity index (χ2v) is 3.13. The van der Waals surface area contributed by atoms with Gasteiger partial charge in [-0.1, -0.05) is 0 Å². The van der Waals surface area contributed by atoms with Gasteiger partial charge in [-0.05, 0) is 12.1 Å². The molecule has 0 spiro atoms. The molecule has 2 heterocycles. The number of rotatable bonds is 3. The Kier molecular flexibility index (Phi) is 2.39. The minimum atomic E-state index is -0.950. The lowest BCUT2D eigenvalue weighted by Crippen LogP contribution is -1.99. The smallest absolute Gasteiger partial charge is 0.335 e. The number of nitrogens with zero attached hydrogens (tertiary/aromatic N) is 2. The van der Waals surface area contributed by atoms with Crippen molar-refractivity contribution < 1.29 is 14.6 Å². The highest BCUT2D eigenvalue weighted by Crippen LogP contribution is 2.10. The Balaban J connectivity index is 2.51. The van der Waals surface area contributed by atoms with Gasteiger partial charge in [0.1, 0.15) is 5.65 Å². The van der Waals surface area contributed by atoms with Crippen LogP contribution in [0.4, 0.5) is 0 Å². The number of fused-ring (bicyclic) bond motifs is 1. The number of ether oxygens (including phenoxy) is 1. The summed E-state index contributed by atoms with van der Waals surface area (Å²) < 4.78 is 6.80. The van der Waals surface area contributed by atoms with Crippen LogP contribution in [-0.4, -0.2) is 27.6 Å². The lowest BCUT2D eigenvalue weighted by Gasteiger charge is -2.00. The average Bonchev–Trinajstić information content (AvgIpc) is 2.61. The van der Waals surface area contributed by atoms with E-state index in [1.165, 1.54) is 12.1 Å². The molecule has 0 radical (unpaired) electrons. The zero-order valence-electron chi connectivity index (χ0n) is 8.17. The fraction of sp³-hybridized carbons (Fsp3) is 0.200. The molecule has 2 aromatic heterocycles. The van der Waals surface area contributed by atoms with E-state index in [1.54, 1.807) is 23.9 Å². The number of pyridine rings is 1. The van der Waals surface area contributed by atoms with Crippen LogP contribution in [0.25, 0.3) is 5.65 Å². The molecular formula is C10H10N2O3. The minimum absolute atomic E-state index is 0.233. The average molecular weight is 206 g/mol. The number of hydrogen-bond acceptors (Lipinski definition) is 3. The van der Waals surface area contributed by atoms with Crippen molar-refractivity contribution in [3.63, 3.8) is 0 Å². The van der Waals surface area contributed by atoms with Crippen LogP contribution in [0.5, 0.6) is 0 Å². The van der Waals surface area contributed by atoms with Crippen molar-refractivity contribution in [1.29, 1.82) is 0 Å². The molecule has 5 heteroatoms. The number of aromatic nitrogens is 2. The van der Waals surface area contributed by atoms with E-state index in [9.17, 15) is 4.79 Å². The molecule has 0 bridgehead atoms. The van der Waals surface area contributed by atoms with E-state index in [0.29, 0.717) is 12.3 Å². The van der Waals surface area contributed by atoms with Gasteiger partial charge in [-0.25, -0.2) is 9.78 Å². The summed E-state index contributed by atoms with van der Waals surface area (Å²) in [5.41, 5.74) is 1.74. The minimum Gasteiger partial charge on any atom is -0.478 e. The van der Waals surface area contributed by atoms with E-state index in [2.05, 4.69) is 4.98 Å².